The van der Waals surface area contributed by atoms with E-state index in [0.29, 0.717) is 6.54 Å². The van der Waals surface area contributed by atoms with Crippen molar-refractivity contribution in [1.82, 2.24) is 10.2 Å². The van der Waals surface area contributed by atoms with E-state index in [1.807, 2.05) is 29.2 Å². The van der Waals surface area contributed by atoms with Gasteiger partial charge in [0.15, 0.2) is 6.73 Å². The minimum atomic E-state index is -0.0768. The predicted octanol–water partition coefficient (Wildman–Crippen LogP) is 3.74. The van der Waals surface area contributed by atoms with E-state index in [0.717, 1.165) is 31.6 Å². The molecule has 1 aliphatic rings. The molecule has 2 amide bonds. The molecule has 0 fully saturated rings. The van der Waals surface area contributed by atoms with Gasteiger partial charge in [-0.3, -0.25) is 0 Å². The smallest absolute Gasteiger partial charge is 0.320 e. The molecule has 0 saturated carbocycles. The van der Waals surface area contributed by atoms with E-state index in [1.54, 1.807) is 0 Å². The van der Waals surface area contributed by atoms with Crippen molar-refractivity contribution in [3.8, 4) is 5.75 Å². The predicted molar refractivity (Wildman–Crippen MR) is 95.0 cm³/mol. The minimum Gasteiger partial charge on any atom is -0.473 e. The molecule has 0 saturated heterocycles. The van der Waals surface area contributed by atoms with Crippen molar-refractivity contribution in [1.29, 1.82) is 0 Å². The number of ether oxygens (including phenoxy) is 1. The number of urea groups is 1. The van der Waals surface area contributed by atoms with Crippen LogP contribution < -0.4 is 10.1 Å². The monoisotopic (exact) mass is 324 g/mol. The summed E-state index contributed by atoms with van der Waals surface area (Å²) in [6.45, 7) is 3.76. The number of fused-ring (bicyclic) bond motifs is 1. The minimum absolute atomic E-state index is 0.0768. The number of carbonyl (C=O) groups excluding carboxylic acids is 1. The lowest BCUT2D eigenvalue weighted by Crippen LogP contribution is -2.43. The second-order valence-electron chi connectivity index (χ2n) is 6.10. The maximum atomic E-state index is 12.3. The molecular formula is C20H24N2O2. The van der Waals surface area contributed by atoms with Crippen LogP contribution in [0, 0.1) is 0 Å². The van der Waals surface area contributed by atoms with Crippen LogP contribution in [0.15, 0.2) is 48.5 Å². The van der Waals surface area contributed by atoms with E-state index >= 15 is 0 Å². The molecular weight excluding hydrogens is 300 g/mol. The number of hydrogen-bond acceptors (Lipinski definition) is 2. The van der Waals surface area contributed by atoms with Gasteiger partial charge in [0.2, 0.25) is 0 Å². The molecule has 0 aromatic heterocycles. The van der Waals surface area contributed by atoms with Gasteiger partial charge in [0.1, 0.15) is 5.75 Å². The van der Waals surface area contributed by atoms with E-state index in [2.05, 4.69) is 36.5 Å². The van der Waals surface area contributed by atoms with E-state index < -0.39 is 0 Å². The third-order valence-electron chi connectivity index (χ3n) is 4.34. The van der Waals surface area contributed by atoms with Crippen LogP contribution >= 0.6 is 0 Å². The number of nitrogens with one attached hydrogen (secondary N) is 1. The molecule has 0 aliphatic carbocycles. The molecule has 1 N–H and O–H groups in total. The number of rotatable bonds is 5. The Bertz CT molecular complexity index is 682. The molecule has 1 heterocycles. The number of carbonyl (C=O) groups is 1. The van der Waals surface area contributed by atoms with Gasteiger partial charge in [-0.15, -0.1) is 0 Å². The molecule has 0 spiro atoms. The van der Waals surface area contributed by atoms with Crippen LogP contribution in [0.2, 0.25) is 0 Å². The molecule has 126 valence electrons. The summed E-state index contributed by atoms with van der Waals surface area (Å²) in [5.74, 6) is 0.777. The molecule has 1 aliphatic heterocycles. The van der Waals surface area contributed by atoms with Crippen molar-refractivity contribution in [2.45, 2.75) is 32.7 Å². The van der Waals surface area contributed by atoms with Gasteiger partial charge in [-0.2, -0.15) is 0 Å². The fourth-order valence-electron chi connectivity index (χ4n) is 3.00. The Morgan fingerprint density at radius 1 is 1.12 bits per heavy atom. The summed E-state index contributed by atoms with van der Waals surface area (Å²) in [7, 11) is 0. The van der Waals surface area contributed by atoms with E-state index in [4.69, 9.17) is 4.74 Å². The van der Waals surface area contributed by atoms with Crippen LogP contribution in [0.5, 0.6) is 5.75 Å². The van der Waals surface area contributed by atoms with Gasteiger partial charge in [0.05, 0.1) is 0 Å². The summed E-state index contributed by atoms with van der Waals surface area (Å²) in [6.07, 6.45) is 3.12. The second-order valence-corrected chi connectivity index (χ2v) is 6.10. The van der Waals surface area contributed by atoms with Crippen molar-refractivity contribution >= 4 is 6.03 Å². The molecule has 3 rings (SSSR count). The number of nitrogens with zero attached hydrogens (tertiary/aromatic N) is 1. The van der Waals surface area contributed by atoms with Gasteiger partial charge in [-0.05, 0) is 41.7 Å². The highest BCUT2D eigenvalue weighted by molar-refractivity contribution is 5.74. The van der Waals surface area contributed by atoms with E-state index in [9.17, 15) is 4.79 Å². The number of amides is 2. The van der Waals surface area contributed by atoms with Crippen LogP contribution in [0.1, 0.15) is 30.0 Å². The van der Waals surface area contributed by atoms with Gasteiger partial charge in [0.25, 0.3) is 0 Å². The van der Waals surface area contributed by atoms with Crippen molar-refractivity contribution in [3.05, 3.63) is 65.2 Å². The number of benzene rings is 2. The maximum absolute atomic E-state index is 12.3. The number of hydrogen-bond donors (Lipinski definition) is 1. The molecule has 2 aromatic carbocycles. The highest BCUT2D eigenvalue weighted by Gasteiger charge is 2.19. The lowest BCUT2D eigenvalue weighted by atomic mass is 10.0. The Hall–Kier alpha value is -2.49. The Balaban J connectivity index is 1.46. The quantitative estimate of drug-likeness (QED) is 0.851. The van der Waals surface area contributed by atoms with Gasteiger partial charge < -0.3 is 15.0 Å². The van der Waals surface area contributed by atoms with Crippen LogP contribution in [0.3, 0.4) is 0 Å². The molecule has 4 nitrogen and oxygen atoms in total. The van der Waals surface area contributed by atoms with E-state index in [1.165, 1.54) is 16.7 Å². The van der Waals surface area contributed by atoms with E-state index in [-0.39, 0.29) is 12.8 Å². The molecule has 0 bridgehead atoms. The highest BCUT2D eigenvalue weighted by atomic mass is 16.5. The van der Waals surface area contributed by atoms with Gasteiger partial charge >= 0.3 is 6.03 Å². The Morgan fingerprint density at radius 2 is 1.88 bits per heavy atom. The molecule has 2 aromatic rings. The zero-order valence-electron chi connectivity index (χ0n) is 14.1. The topological polar surface area (TPSA) is 41.6 Å². The normalized spacial score (nSPS) is 13.3. The molecule has 0 radical (unpaired) electrons. The van der Waals surface area contributed by atoms with Gasteiger partial charge in [-0.25, -0.2) is 4.79 Å². The Labute approximate surface area is 143 Å². The highest BCUT2D eigenvalue weighted by Crippen LogP contribution is 2.18. The zero-order valence-corrected chi connectivity index (χ0v) is 14.1. The summed E-state index contributed by atoms with van der Waals surface area (Å²) in [6, 6.07) is 16.3. The van der Waals surface area contributed by atoms with Crippen molar-refractivity contribution in [3.63, 3.8) is 0 Å². The van der Waals surface area contributed by atoms with Crippen molar-refractivity contribution in [2.24, 2.45) is 0 Å². The molecule has 0 unspecified atom stereocenters. The summed E-state index contributed by atoms with van der Waals surface area (Å²) < 4.78 is 5.61. The summed E-state index contributed by atoms with van der Waals surface area (Å²) in [4.78, 5) is 14.1. The van der Waals surface area contributed by atoms with Crippen molar-refractivity contribution < 1.29 is 9.53 Å². The summed E-state index contributed by atoms with van der Waals surface area (Å²) in [5, 5.41) is 2.84. The first-order chi connectivity index (χ1) is 11.8. The average molecular weight is 324 g/mol. The van der Waals surface area contributed by atoms with Crippen LogP contribution in [0.25, 0.3) is 0 Å². The first-order valence-electron chi connectivity index (χ1n) is 8.57. The molecule has 24 heavy (non-hydrogen) atoms. The Kier molecular flexibility index (Phi) is 5.36. The molecule has 4 heteroatoms. The first-order valence-corrected chi connectivity index (χ1v) is 8.57. The fraction of sp³-hybridized carbons (Fsp3) is 0.350. The van der Waals surface area contributed by atoms with Crippen LogP contribution in [-0.4, -0.2) is 24.2 Å². The standard InChI is InChI=1S/C20H24N2O2/c1-2-5-16-8-10-19(11-9-16)24-15-21-20(23)22-13-12-17-6-3-4-7-18(17)14-22/h3-4,6-11H,2,5,12-15H2,1H3,(H,21,23). The number of aryl methyl sites for hydroxylation is 1. The second kappa shape index (κ2) is 7.86. The van der Waals surface area contributed by atoms with Crippen LogP contribution in [-0.2, 0) is 19.4 Å². The van der Waals surface area contributed by atoms with Crippen molar-refractivity contribution in [2.75, 3.05) is 13.3 Å². The first kappa shape index (κ1) is 16.4. The largest absolute Gasteiger partial charge is 0.473 e. The third-order valence-corrected chi connectivity index (χ3v) is 4.34. The van der Waals surface area contributed by atoms with Gasteiger partial charge in [0, 0.05) is 13.1 Å². The lowest BCUT2D eigenvalue weighted by molar-refractivity contribution is 0.179. The molecule has 0 atom stereocenters. The lowest BCUT2D eigenvalue weighted by Gasteiger charge is -2.28. The summed E-state index contributed by atoms with van der Waals surface area (Å²) in [5.41, 5.74) is 3.87. The summed E-state index contributed by atoms with van der Waals surface area (Å²) >= 11 is 0. The Morgan fingerprint density at radius 3 is 2.62 bits per heavy atom. The third kappa shape index (κ3) is 4.07. The average Bonchev–Trinajstić information content (AvgIpc) is 2.63. The van der Waals surface area contributed by atoms with Crippen LogP contribution in [0.4, 0.5) is 4.79 Å². The SMILES string of the molecule is CCCc1ccc(OCNC(=O)N2CCc3ccccc3C2)cc1. The fourth-order valence-corrected chi connectivity index (χ4v) is 3.00. The van der Waals surface area contributed by atoms with Gasteiger partial charge in [-0.1, -0.05) is 49.7 Å². The zero-order chi connectivity index (χ0) is 16.8. The maximum Gasteiger partial charge on any atom is 0.320 e.